The quantitative estimate of drug-likeness (QED) is 0.512. The van der Waals surface area contributed by atoms with Gasteiger partial charge < -0.3 is 0 Å². The molecule has 0 aliphatic heterocycles. The molecule has 0 spiro atoms. The molecule has 0 heteroatoms. The first kappa shape index (κ1) is 14.5. The largest absolute Gasteiger partial charge is 0.106 e. The van der Waals surface area contributed by atoms with Crippen LogP contribution >= 0.6 is 0 Å². The van der Waals surface area contributed by atoms with Gasteiger partial charge in [0.2, 0.25) is 0 Å². The van der Waals surface area contributed by atoms with Crippen LogP contribution in [0, 0.1) is 13.8 Å². The summed E-state index contributed by atoms with van der Waals surface area (Å²) in [6.07, 6.45) is 1.25. The van der Waals surface area contributed by atoms with Gasteiger partial charge in [0.05, 0.1) is 0 Å². The topological polar surface area (TPSA) is 0 Å². The Kier molecular flexibility index (Phi) is 12.2. The zero-order chi connectivity index (χ0) is 10.7. The minimum Gasteiger partial charge on any atom is -0.106 e. The van der Waals surface area contributed by atoms with Gasteiger partial charge in [0.1, 0.15) is 0 Å². The second-order valence-electron chi connectivity index (χ2n) is 2.86. The van der Waals surface area contributed by atoms with Gasteiger partial charge in [-0.2, -0.15) is 0 Å². The average Bonchev–Trinajstić information content (AvgIpc) is 2.15. The molecule has 0 nitrogen and oxygen atoms in total. The lowest BCUT2D eigenvalue weighted by atomic mass is 10.2. The van der Waals surface area contributed by atoms with Crippen molar-refractivity contribution in [3.63, 3.8) is 0 Å². The molecule has 0 unspecified atom stereocenters. The predicted octanol–water partition coefficient (Wildman–Crippen LogP) is 4.52. The van der Waals surface area contributed by atoms with Gasteiger partial charge in [-0.15, -0.1) is 13.2 Å². The summed E-state index contributed by atoms with van der Waals surface area (Å²) >= 11 is 0. The Hall–Kier alpha value is -1.04. The van der Waals surface area contributed by atoms with E-state index in [1.165, 1.54) is 17.5 Å². The molecular formula is C13H22. The van der Waals surface area contributed by atoms with Crippen molar-refractivity contribution in [3.05, 3.63) is 48.6 Å². The fourth-order valence-electron chi connectivity index (χ4n) is 0.637. The van der Waals surface area contributed by atoms with Gasteiger partial charge in [0.25, 0.3) is 0 Å². The number of aryl methyl sites for hydroxylation is 2. The number of rotatable bonds is 0. The molecule has 0 N–H and O–H groups in total. The fraction of sp³-hybridized carbons (Fsp3) is 0.385. The second-order valence-corrected chi connectivity index (χ2v) is 2.86. The SMILES string of the molecule is C=C.CCC.Cc1ccc(C)cc1. The first-order chi connectivity index (χ1) is 6.20. The molecule has 0 saturated heterocycles. The van der Waals surface area contributed by atoms with Crippen LogP contribution in [0.15, 0.2) is 37.4 Å². The Morgan fingerprint density at radius 1 is 0.846 bits per heavy atom. The molecule has 0 heterocycles. The Morgan fingerprint density at radius 3 is 1.15 bits per heavy atom. The average molecular weight is 178 g/mol. The summed E-state index contributed by atoms with van der Waals surface area (Å²) < 4.78 is 0. The van der Waals surface area contributed by atoms with Crippen molar-refractivity contribution in [2.45, 2.75) is 34.1 Å². The van der Waals surface area contributed by atoms with Crippen LogP contribution in [0.1, 0.15) is 31.4 Å². The van der Waals surface area contributed by atoms with E-state index in [1.807, 2.05) is 0 Å². The summed E-state index contributed by atoms with van der Waals surface area (Å²) in [6.45, 7) is 14.4. The van der Waals surface area contributed by atoms with Gasteiger partial charge in [-0.05, 0) is 13.8 Å². The van der Waals surface area contributed by atoms with E-state index in [0.29, 0.717) is 0 Å². The first-order valence-corrected chi connectivity index (χ1v) is 4.74. The molecule has 0 fully saturated rings. The number of benzene rings is 1. The van der Waals surface area contributed by atoms with E-state index in [9.17, 15) is 0 Å². The lowest BCUT2D eigenvalue weighted by molar-refractivity contribution is 1.09. The second kappa shape index (κ2) is 11.0. The molecule has 1 aromatic carbocycles. The lowest BCUT2D eigenvalue weighted by Crippen LogP contribution is -1.70. The smallest absolute Gasteiger partial charge is 0.0398 e. The standard InChI is InChI=1S/C8H10.C3H8.C2H4/c1-7-3-5-8(2)6-4-7;1-3-2;1-2/h3-6H,1-2H3;3H2,1-2H3;1-2H2. The minimum atomic E-state index is 1.25. The summed E-state index contributed by atoms with van der Waals surface area (Å²) in [5.74, 6) is 0. The van der Waals surface area contributed by atoms with E-state index in [1.54, 1.807) is 0 Å². The Morgan fingerprint density at radius 2 is 1.00 bits per heavy atom. The normalized spacial score (nSPS) is 7.38. The Balaban J connectivity index is 0. The highest BCUT2D eigenvalue weighted by Gasteiger charge is 1.79. The van der Waals surface area contributed by atoms with Gasteiger partial charge in [0, 0.05) is 0 Å². The lowest BCUT2D eigenvalue weighted by Gasteiger charge is -1.90. The highest BCUT2D eigenvalue weighted by atomic mass is 13.9. The van der Waals surface area contributed by atoms with E-state index in [-0.39, 0.29) is 0 Å². The third-order valence-electron chi connectivity index (χ3n) is 1.22. The van der Waals surface area contributed by atoms with Crippen LogP contribution in [0.3, 0.4) is 0 Å². The van der Waals surface area contributed by atoms with Crippen LogP contribution < -0.4 is 0 Å². The van der Waals surface area contributed by atoms with Crippen LogP contribution in [0.4, 0.5) is 0 Å². The minimum absolute atomic E-state index is 1.25. The third-order valence-corrected chi connectivity index (χ3v) is 1.22. The van der Waals surface area contributed by atoms with Crippen LogP contribution in [-0.4, -0.2) is 0 Å². The van der Waals surface area contributed by atoms with Crippen molar-refractivity contribution in [2.75, 3.05) is 0 Å². The van der Waals surface area contributed by atoms with Gasteiger partial charge in [-0.25, -0.2) is 0 Å². The van der Waals surface area contributed by atoms with Crippen molar-refractivity contribution in [3.8, 4) is 0 Å². The van der Waals surface area contributed by atoms with Crippen LogP contribution in [-0.2, 0) is 0 Å². The van der Waals surface area contributed by atoms with Crippen molar-refractivity contribution < 1.29 is 0 Å². The van der Waals surface area contributed by atoms with Crippen molar-refractivity contribution in [1.82, 2.24) is 0 Å². The van der Waals surface area contributed by atoms with Gasteiger partial charge in [-0.3, -0.25) is 0 Å². The van der Waals surface area contributed by atoms with Crippen LogP contribution in [0.5, 0.6) is 0 Å². The molecule has 0 bridgehead atoms. The van der Waals surface area contributed by atoms with Crippen LogP contribution in [0.25, 0.3) is 0 Å². The van der Waals surface area contributed by atoms with E-state index in [2.05, 4.69) is 65.1 Å². The molecule has 0 saturated carbocycles. The molecule has 74 valence electrons. The fourth-order valence-corrected chi connectivity index (χ4v) is 0.637. The number of hydrogen-bond acceptors (Lipinski definition) is 0. The summed E-state index contributed by atoms with van der Waals surface area (Å²) in [6, 6.07) is 8.48. The molecular weight excluding hydrogens is 156 g/mol. The molecule has 0 aromatic heterocycles. The Bertz CT molecular complexity index is 163. The summed E-state index contributed by atoms with van der Waals surface area (Å²) in [5, 5.41) is 0. The third kappa shape index (κ3) is 11.0. The van der Waals surface area contributed by atoms with E-state index >= 15 is 0 Å². The highest BCUT2D eigenvalue weighted by Crippen LogP contribution is 1.99. The number of hydrogen-bond donors (Lipinski definition) is 0. The summed E-state index contributed by atoms with van der Waals surface area (Å²) in [5.41, 5.74) is 2.66. The molecule has 0 aliphatic carbocycles. The Labute approximate surface area is 83.3 Å². The highest BCUT2D eigenvalue weighted by molar-refractivity contribution is 5.19. The molecule has 0 amide bonds. The van der Waals surface area contributed by atoms with Gasteiger partial charge in [-0.1, -0.05) is 55.7 Å². The van der Waals surface area contributed by atoms with Gasteiger partial charge >= 0.3 is 0 Å². The van der Waals surface area contributed by atoms with Crippen molar-refractivity contribution in [1.29, 1.82) is 0 Å². The van der Waals surface area contributed by atoms with Gasteiger partial charge in [0.15, 0.2) is 0 Å². The maximum Gasteiger partial charge on any atom is -0.0398 e. The molecule has 0 aliphatic rings. The molecule has 1 aromatic rings. The summed E-state index contributed by atoms with van der Waals surface area (Å²) in [4.78, 5) is 0. The maximum absolute atomic E-state index is 3.00. The zero-order valence-corrected chi connectivity index (χ0v) is 9.43. The zero-order valence-electron chi connectivity index (χ0n) is 9.43. The molecule has 0 atom stereocenters. The maximum atomic E-state index is 3.00. The van der Waals surface area contributed by atoms with Crippen LogP contribution in [0.2, 0.25) is 0 Å². The van der Waals surface area contributed by atoms with E-state index in [4.69, 9.17) is 0 Å². The predicted molar refractivity (Wildman–Crippen MR) is 63.1 cm³/mol. The van der Waals surface area contributed by atoms with Crippen molar-refractivity contribution >= 4 is 0 Å². The van der Waals surface area contributed by atoms with Crippen molar-refractivity contribution in [2.24, 2.45) is 0 Å². The summed E-state index contributed by atoms with van der Waals surface area (Å²) in [7, 11) is 0. The molecule has 1 rings (SSSR count). The molecule has 0 radical (unpaired) electrons. The van der Waals surface area contributed by atoms with E-state index < -0.39 is 0 Å². The monoisotopic (exact) mass is 178 g/mol. The molecule has 13 heavy (non-hydrogen) atoms. The van der Waals surface area contributed by atoms with E-state index in [0.717, 1.165) is 0 Å². The first-order valence-electron chi connectivity index (χ1n) is 4.74.